The Hall–Kier alpha value is -1.71. The number of aromatic amines is 1. The molecule has 5 nitrogen and oxygen atoms in total. The number of nitrogens with one attached hydrogen (secondary N) is 2. The van der Waals surface area contributed by atoms with E-state index < -0.39 is 0 Å². The molecule has 3 rings (SSSR count). The molecule has 3 aromatic rings. The van der Waals surface area contributed by atoms with Gasteiger partial charge in [0.05, 0.1) is 16.4 Å². The van der Waals surface area contributed by atoms with E-state index in [1.807, 2.05) is 13.8 Å². The average molecular weight is 484 g/mol. The minimum absolute atomic E-state index is 0.143. The van der Waals surface area contributed by atoms with Gasteiger partial charge >= 0.3 is 0 Å². The van der Waals surface area contributed by atoms with Crippen molar-refractivity contribution in [3.63, 3.8) is 0 Å². The molecule has 1 unspecified atom stereocenters. The number of H-pyrrole nitrogens is 1. The largest absolute Gasteiger partial charge is 0.351 e. The lowest BCUT2D eigenvalue weighted by Gasteiger charge is -2.12. The highest BCUT2D eigenvalue weighted by atomic mass is 79.9. The lowest BCUT2D eigenvalue weighted by Crippen LogP contribution is -2.30. The number of benzene rings is 1. The molecule has 0 fully saturated rings. The number of halogens is 2. The molecule has 0 bridgehead atoms. The molecule has 28 heavy (non-hydrogen) atoms. The molecule has 1 aromatic carbocycles. The number of nitrogens with zero attached hydrogens (tertiary/aromatic N) is 1. The van der Waals surface area contributed by atoms with Crippen molar-refractivity contribution in [3.05, 3.63) is 60.7 Å². The summed E-state index contributed by atoms with van der Waals surface area (Å²) in [6.07, 6.45) is 0. The SMILES string of the molecule is Cc1sc2nc(CSC(C)C(=O)NCc3cc(F)ccc3Br)[nH]c(=O)c2c1C. The van der Waals surface area contributed by atoms with Crippen LogP contribution in [0.5, 0.6) is 0 Å². The van der Waals surface area contributed by atoms with Crippen LogP contribution in [0.15, 0.2) is 27.5 Å². The number of carbonyl (C=O) groups is 1. The molecule has 148 valence electrons. The highest BCUT2D eigenvalue weighted by molar-refractivity contribution is 9.10. The van der Waals surface area contributed by atoms with Gasteiger partial charge in [-0.15, -0.1) is 23.1 Å². The minimum Gasteiger partial charge on any atom is -0.351 e. The number of carbonyl (C=O) groups excluding carboxylic acids is 1. The number of aryl methyl sites for hydroxylation is 2. The second-order valence-electron chi connectivity index (χ2n) is 6.38. The fourth-order valence-electron chi connectivity index (χ4n) is 2.65. The van der Waals surface area contributed by atoms with Gasteiger partial charge in [0.25, 0.3) is 5.56 Å². The van der Waals surface area contributed by atoms with Gasteiger partial charge in [-0.2, -0.15) is 0 Å². The number of aromatic nitrogens is 2. The normalized spacial score (nSPS) is 12.3. The molecular formula is C19H19BrFN3O2S2. The Morgan fingerprint density at radius 2 is 2.18 bits per heavy atom. The van der Waals surface area contributed by atoms with E-state index in [0.29, 0.717) is 22.5 Å². The monoisotopic (exact) mass is 483 g/mol. The molecule has 2 aromatic heterocycles. The highest BCUT2D eigenvalue weighted by Crippen LogP contribution is 2.26. The molecule has 0 spiro atoms. The molecule has 0 aliphatic carbocycles. The van der Waals surface area contributed by atoms with Crippen LogP contribution < -0.4 is 10.9 Å². The smallest absolute Gasteiger partial charge is 0.259 e. The Bertz CT molecular complexity index is 1100. The second kappa shape index (κ2) is 8.75. The van der Waals surface area contributed by atoms with Gasteiger partial charge in [0.15, 0.2) is 0 Å². The van der Waals surface area contributed by atoms with E-state index in [9.17, 15) is 14.0 Å². The Balaban J connectivity index is 1.61. The third-order valence-electron chi connectivity index (χ3n) is 4.39. The van der Waals surface area contributed by atoms with E-state index in [1.165, 1.54) is 35.2 Å². The molecule has 0 radical (unpaired) electrons. The van der Waals surface area contributed by atoms with Gasteiger partial charge in [-0.25, -0.2) is 9.37 Å². The third kappa shape index (κ3) is 4.64. The molecule has 0 saturated heterocycles. The number of thiophene rings is 1. The van der Waals surface area contributed by atoms with Crippen molar-refractivity contribution in [1.82, 2.24) is 15.3 Å². The Kier molecular flexibility index (Phi) is 6.57. The topological polar surface area (TPSA) is 74.8 Å². The van der Waals surface area contributed by atoms with Gasteiger partial charge in [0, 0.05) is 15.9 Å². The van der Waals surface area contributed by atoms with Crippen LogP contribution in [-0.2, 0) is 17.1 Å². The summed E-state index contributed by atoms with van der Waals surface area (Å²) in [5, 5.41) is 3.10. The zero-order valence-corrected chi connectivity index (χ0v) is 18.8. The molecule has 0 aliphatic rings. The van der Waals surface area contributed by atoms with E-state index >= 15 is 0 Å². The van der Waals surface area contributed by atoms with Crippen molar-refractivity contribution in [2.45, 2.75) is 38.3 Å². The van der Waals surface area contributed by atoms with Crippen molar-refractivity contribution in [2.75, 3.05) is 0 Å². The lowest BCUT2D eigenvalue weighted by molar-refractivity contribution is -0.120. The number of hydrogen-bond donors (Lipinski definition) is 2. The van der Waals surface area contributed by atoms with Gasteiger partial charge in [-0.3, -0.25) is 9.59 Å². The third-order valence-corrected chi connectivity index (χ3v) is 7.42. The Morgan fingerprint density at radius 1 is 1.43 bits per heavy atom. The maximum atomic E-state index is 13.3. The maximum Gasteiger partial charge on any atom is 0.259 e. The fourth-order valence-corrected chi connectivity index (χ4v) is 4.87. The fraction of sp³-hybridized carbons (Fsp3) is 0.316. The van der Waals surface area contributed by atoms with Crippen LogP contribution in [0.3, 0.4) is 0 Å². The minimum atomic E-state index is -0.348. The predicted octanol–water partition coefficient (Wildman–Crippen LogP) is 4.44. The lowest BCUT2D eigenvalue weighted by atomic mass is 10.2. The summed E-state index contributed by atoms with van der Waals surface area (Å²) < 4.78 is 14.1. The first kappa shape index (κ1) is 21.0. The number of rotatable bonds is 6. The summed E-state index contributed by atoms with van der Waals surface area (Å²) >= 11 is 6.23. The first-order chi connectivity index (χ1) is 13.3. The van der Waals surface area contributed by atoms with Gasteiger partial charge in [0.2, 0.25) is 5.91 Å². The quantitative estimate of drug-likeness (QED) is 0.543. The molecule has 2 heterocycles. The summed E-state index contributed by atoms with van der Waals surface area (Å²) in [6, 6.07) is 4.35. The molecule has 9 heteroatoms. The van der Waals surface area contributed by atoms with E-state index in [4.69, 9.17) is 0 Å². The zero-order chi connectivity index (χ0) is 20.4. The van der Waals surface area contributed by atoms with Crippen molar-refractivity contribution in [1.29, 1.82) is 0 Å². The summed E-state index contributed by atoms with van der Waals surface area (Å²) in [5.41, 5.74) is 1.49. The van der Waals surface area contributed by atoms with Crippen molar-refractivity contribution in [2.24, 2.45) is 0 Å². The van der Waals surface area contributed by atoms with Gasteiger partial charge in [0.1, 0.15) is 16.5 Å². The first-order valence-corrected chi connectivity index (χ1v) is 11.2. The van der Waals surface area contributed by atoms with Crippen LogP contribution in [0.4, 0.5) is 4.39 Å². The first-order valence-electron chi connectivity index (χ1n) is 8.58. The number of amides is 1. The molecule has 1 atom stereocenters. The maximum absolute atomic E-state index is 13.3. The van der Waals surface area contributed by atoms with E-state index in [1.54, 1.807) is 13.0 Å². The number of thioether (sulfide) groups is 1. The van der Waals surface area contributed by atoms with Crippen LogP contribution in [0.2, 0.25) is 0 Å². The molecule has 0 aliphatic heterocycles. The molecule has 1 amide bonds. The standard InChI is InChI=1S/C19H19BrFN3O2S2/c1-9-10(2)28-19-16(9)18(26)23-15(24-19)8-27-11(3)17(25)22-7-12-6-13(21)4-5-14(12)20/h4-6,11H,7-8H2,1-3H3,(H,22,25)(H,23,24,26). The summed E-state index contributed by atoms with van der Waals surface area (Å²) in [6.45, 7) is 5.91. The Morgan fingerprint density at radius 3 is 2.93 bits per heavy atom. The molecular weight excluding hydrogens is 465 g/mol. The van der Waals surface area contributed by atoms with E-state index in [2.05, 4.69) is 31.2 Å². The Labute approximate surface area is 178 Å². The van der Waals surface area contributed by atoms with E-state index in [-0.39, 0.29) is 29.1 Å². The van der Waals surface area contributed by atoms with Crippen LogP contribution in [0, 0.1) is 19.7 Å². The van der Waals surface area contributed by atoms with Gasteiger partial charge in [-0.05, 0) is 50.1 Å². The van der Waals surface area contributed by atoms with Gasteiger partial charge in [-0.1, -0.05) is 15.9 Å². The molecule has 2 N–H and O–H groups in total. The predicted molar refractivity (Wildman–Crippen MR) is 116 cm³/mol. The average Bonchev–Trinajstić information content (AvgIpc) is 2.94. The summed E-state index contributed by atoms with van der Waals surface area (Å²) in [5.74, 6) is 0.461. The van der Waals surface area contributed by atoms with E-state index in [0.717, 1.165) is 19.7 Å². The highest BCUT2D eigenvalue weighted by Gasteiger charge is 2.16. The van der Waals surface area contributed by atoms with Crippen LogP contribution in [-0.4, -0.2) is 21.1 Å². The van der Waals surface area contributed by atoms with Crippen LogP contribution in [0.1, 0.15) is 28.8 Å². The van der Waals surface area contributed by atoms with Crippen LogP contribution in [0.25, 0.3) is 10.2 Å². The zero-order valence-electron chi connectivity index (χ0n) is 15.6. The number of hydrogen-bond acceptors (Lipinski definition) is 5. The second-order valence-corrected chi connectivity index (χ2v) is 9.77. The molecule has 0 saturated carbocycles. The van der Waals surface area contributed by atoms with Crippen molar-refractivity contribution >= 4 is 55.2 Å². The van der Waals surface area contributed by atoms with Gasteiger partial charge < -0.3 is 10.3 Å². The van der Waals surface area contributed by atoms with Crippen molar-refractivity contribution in [3.8, 4) is 0 Å². The summed E-state index contributed by atoms with van der Waals surface area (Å²) in [4.78, 5) is 33.8. The number of fused-ring (bicyclic) bond motifs is 1. The summed E-state index contributed by atoms with van der Waals surface area (Å²) in [7, 11) is 0. The van der Waals surface area contributed by atoms with Crippen molar-refractivity contribution < 1.29 is 9.18 Å². The van der Waals surface area contributed by atoms with Crippen LogP contribution >= 0.6 is 39.0 Å².